The van der Waals surface area contributed by atoms with Gasteiger partial charge in [0, 0.05) is 24.0 Å². The van der Waals surface area contributed by atoms with Gasteiger partial charge in [0.15, 0.2) is 0 Å². The Balaban J connectivity index is 1.61. The van der Waals surface area contributed by atoms with Crippen molar-refractivity contribution >= 4 is 17.5 Å². The summed E-state index contributed by atoms with van der Waals surface area (Å²) in [6.07, 6.45) is 1.05. The number of aryl methyl sites for hydroxylation is 1. The van der Waals surface area contributed by atoms with Crippen LogP contribution in [-0.4, -0.2) is 16.5 Å². The summed E-state index contributed by atoms with van der Waals surface area (Å²) in [5, 5.41) is 6.54. The molecule has 5 heteroatoms. The van der Waals surface area contributed by atoms with E-state index in [-0.39, 0.29) is 0 Å². The molecule has 0 radical (unpaired) electrons. The normalized spacial score (nSPS) is 10.4. The zero-order valence-corrected chi connectivity index (χ0v) is 15.2. The molecule has 3 rings (SSSR count). The summed E-state index contributed by atoms with van der Waals surface area (Å²) < 4.78 is 5.81. The minimum Gasteiger partial charge on any atom is -0.489 e. The molecule has 0 saturated carbocycles. The number of hydrogen-bond donors (Lipinski definition) is 2. The highest BCUT2D eigenvalue weighted by Gasteiger charge is 2.03. The SMILES string of the molecule is CCCNc1cc(C)nc(Nc2ccc(OCc3ccccc3)cc2)n1. The van der Waals surface area contributed by atoms with Crippen LogP contribution < -0.4 is 15.4 Å². The second kappa shape index (κ2) is 8.85. The maximum absolute atomic E-state index is 5.81. The monoisotopic (exact) mass is 348 g/mol. The topological polar surface area (TPSA) is 59.1 Å². The minimum atomic E-state index is 0.557. The van der Waals surface area contributed by atoms with Gasteiger partial charge in [-0.2, -0.15) is 4.98 Å². The molecule has 2 aromatic carbocycles. The summed E-state index contributed by atoms with van der Waals surface area (Å²) in [5.41, 5.74) is 2.99. The molecule has 0 aliphatic heterocycles. The molecule has 0 bridgehead atoms. The summed E-state index contributed by atoms with van der Waals surface area (Å²) in [6, 6.07) is 19.9. The van der Waals surface area contributed by atoms with Crippen LogP contribution in [0.2, 0.25) is 0 Å². The van der Waals surface area contributed by atoms with Crippen LogP contribution in [0.3, 0.4) is 0 Å². The molecule has 0 amide bonds. The molecule has 0 atom stereocenters. The summed E-state index contributed by atoms with van der Waals surface area (Å²) in [5.74, 6) is 2.25. The third-order valence-electron chi connectivity index (χ3n) is 3.77. The molecule has 0 saturated heterocycles. The van der Waals surface area contributed by atoms with Gasteiger partial charge in [-0.1, -0.05) is 37.3 Å². The number of benzene rings is 2. The van der Waals surface area contributed by atoms with Gasteiger partial charge in [0.1, 0.15) is 18.2 Å². The Bertz CT molecular complexity index is 819. The summed E-state index contributed by atoms with van der Waals surface area (Å²) in [6.45, 7) is 5.54. The Hall–Kier alpha value is -3.08. The first-order valence-electron chi connectivity index (χ1n) is 8.86. The van der Waals surface area contributed by atoms with Crippen LogP contribution in [0.15, 0.2) is 60.7 Å². The molecule has 0 aliphatic rings. The number of aromatic nitrogens is 2. The molecule has 0 fully saturated rings. The number of rotatable bonds is 8. The average molecular weight is 348 g/mol. The highest BCUT2D eigenvalue weighted by atomic mass is 16.5. The van der Waals surface area contributed by atoms with Crippen molar-refractivity contribution in [3.63, 3.8) is 0 Å². The van der Waals surface area contributed by atoms with E-state index in [0.717, 1.165) is 41.5 Å². The van der Waals surface area contributed by atoms with Gasteiger partial charge >= 0.3 is 0 Å². The fourth-order valence-corrected chi connectivity index (χ4v) is 2.47. The molecule has 0 spiro atoms. The van der Waals surface area contributed by atoms with Gasteiger partial charge in [-0.25, -0.2) is 4.98 Å². The zero-order valence-electron chi connectivity index (χ0n) is 15.2. The third-order valence-corrected chi connectivity index (χ3v) is 3.77. The van der Waals surface area contributed by atoms with Crippen LogP contribution >= 0.6 is 0 Å². The first-order valence-corrected chi connectivity index (χ1v) is 8.86. The van der Waals surface area contributed by atoms with Crippen molar-refractivity contribution in [1.82, 2.24) is 9.97 Å². The molecule has 0 aliphatic carbocycles. The molecule has 26 heavy (non-hydrogen) atoms. The number of nitrogens with one attached hydrogen (secondary N) is 2. The zero-order chi connectivity index (χ0) is 18.2. The first-order chi connectivity index (χ1) is 12.7. The lowest BCUT2D eigenvalue weighted by Gasteiger charge is -2.10. The number of nitrogens with zero attached hydrogens (tertiary/aromatic N) is 2. The van der Waals surface area contributed by atoms with E-state index in [9.17, 15) is 0 Å². The van der Waals surface area contributed by atoms with Gasteiger partial charge < -0.3 is 15.4 Å². The molecule has 1 heterocycles. The fourth-order valence-electron chi connectivity index (χ4n) is 2.47. The smallest absolute Gasteiger partial charge is 0.229 e. The van der Waals surface area contributed by atoms with Crippen molar-refractivity contribution in [3.8, 4) is 5.75 Å². The Morgan fingerprint density at radius 1 is 0.962 bits per heavy atom. The van der Waals surface area contributed by atoms with Gasteiger partial charge in [-0.15, -0.1) is 0 Å². The van der Waals surface area contributed by atoms with Gasteiger partial charge in [0.05, 0.1) is 0 Å². The lowest BCUT2D eigenvalue weighted by Crippen LogP contribution is -2.06. The molecule has 1 aromatic heterocycles. The largest absolute Gasteiger partial charge is 0.489 e. The van der Waals surface area contributed by atoms with Crippen molar-refractivity contribution in [2.24, 2.45) is 0 Å². The van der Waals surface area contributed by atoms with Crippen molar-refractivity contribution in [3.05, 3.63) is 71.9 Å². The van der Waals surface area contributed by atoms with Crippen LogP contribution in [0.25, 0.3) is 0 Å². The van der Waals surface area contributed by atoms with E-state index in [4.69, 9.17) is 4.74 Å². The Kier molecular flexibility index (Phi) is 6.04. The molecular weight excluding hydrogens is 324 g/mol. The summed E-state index contributed by atoms with van der Waals surface area (Å²) >= 11 is 0. The molecular formula is C21H24N4O. The molecule has 3 aromatic rings. The van der Waals surface area contributed by atoms with E-state index in [0.29, 0.717) is 12.6 Å². The quantitative estimate of drug-likeness (QED) is 0.604. The molecule has 134 valence electrons. The number of hydrogen-bond acceptors (Lipinski definition) is 5. The summed E-state index contributed by atoms with van der Waals surface area (Å²) in [4.78, 5) is 8.94. The highest BCUT2D eigenvalue weighted by Crippen LogP contribution is 2.20. The lowest BCUT2D eigenvalue weighted by molar-refractivity contribution is 0.306. The fraction of sp³-hybridized carbons (Fsp3) is 0.238. The van der Waals surface area contributed by atoms with E-state index >= 15 is 0 Å². The maximum Gasteiger partial charge on any atom is 0.229 e. The number of anilines is 3. The first kappa shape index (κ1) is 17.7. The highest BCUT2D eigenvalue weighted by molar-refractivity contribution is 5.56. The van der Waals surface area contributed by atoms with Crippen LogP contribution in [0.5, 0.6) is 5.75 Å². The summed E-state index contributed by atoms with van der Waals surface area (Å²) in [7, 11) is 0. The van der Waals surface area contributed by atoms with E-state index in [2.05, 4.69) is 39.7 Å². The van der Waals surface area contributed by atoms with Gasteiger partial charge in [0.2, 0.25) is 5.95 Å². The Labute approximate surface area is 154 Å². The average Bonchev–Trinajstić information content (AvgIpc) is 2.66. The third kappa shape index (κ3) is 5.21. The van der Waals surface area contributed by atoms with E-state index in [1.165, 1.54) is 0 Å². The van der Waals surface area contributed by atoms with Crippen molar-refractivity contribution in [2.45, 2.75) is 26.9 Å². The van der Waals surface area contributed by atoms with Crippen LogP contribution in [0, 0.1) is 6.92 Å². The Morgan fingerprint density at radius 2 is 1.73 bits per heavy atom. The predicted molar refractivity (Wildman–Crippen MR) is 106 cm³/mol. The van der Waals surface area contributed by atoms with Crippen LogP contribution in [-0.2, 0) is 6.61 Å². The minimum absolute atomic E-state index is 0.557. The van der Waals surface area contributed by atoms with Gasteiger partial charge in [-0.3, -0.25) is 0 Å². The van der Waals surface area contributed by atoms with E-state index in [1.54, 1.807) is 0 Å². The van der Waals surface area contributed by atoms with Crippen LogP contribution in [0.4, 0.5) is 17.5 Å². The van der Waals surface area contributed by atoms with Gasteiger partial charge in [-0.05, 0) is 43.2 Å². The predicted octanol–water partition coefficient (Wildman–Crippen LogP) is 4.93. The van der Waals surface area contributed by atoms with Gasteiger partial charge in [0.25, 0.3) is 0 Å². The molecule has 2 N–H and O–H groups in total. The van der Waals surface area contributed by atoms with E-state index < -0.39 is 0 Å². The molecule has 5 nitrogen and oxygen atoms in total. The van der Waals surface area contributed by atoms with Crippen molar-refractivity contribution < 1.29 is 4.74 Å². The maximum atomic E-state index is 5.81. The second-order valence-corrected chi connectivity index (χ2v) is 6.07. The standard InChI is InChI=1S/C21H24N4O/c1-3-13-22-20-14-16(2)23-21(25-20)24-18-9-11-19(12-10-18)26-15-17-7-5-4-6-8-17/h4-12,14H,3,13,15H2,1-2H3,(H2,22,23,24,25). The number of ether oxygens (including phenoxy) is 1. The van der Waals surface area contributed by atoms with Crippen LogP contribution in [0.1, 0.15) is 24.6 Å². The van der Waals surface area contributed by atoms with Crippen molar-refractivity contribution in [1.29, 1.82) is 0 Å². The lowest BCUT2D eigenvalue weighted by atomic mass is 10.2. The second-order valence-electron chi connectivity index (χ2n) is 6.07. The Morgan fingerprint density at radius 3 is 2.46 bits per heavy atom. The molecule has 0 unspecified atom stereocenters. The van der Waals surface area contributed by atoms with Crippen molar-refractivity contribution in [2.75, 3.05) is 17.2 Å². The van der Waals surface area contributed by atoms with E-state index in [1.807, 2.05) is 55.5 Å².